The van der Waals surface area contributed by atoms with Crippen LogP contribution in [0.15, 0.2) is 42.5 Å². The molecular weight excluding hydrogens is 438 g/mol. The molecule has 0 spiro atoms. The molecule has 2 aliphatic rings. The zero-order valence-electron chi connectivity index (χ0n) is 19.5. The van der Waals surface area contributed by atoms with E-state index < -0.39 is 0 Å². The van der Waals surface area contributed by atoms with E-state index in [2.05, 4.69) is 23.1 Å². The maximum Gasteiger partial charge on any atom is 0.119 e. The molecule has 6 heteroatoms. The molecule has 2 aromatic carbocycles. The monoisotopic (exact) mass is 473 g/mol. The number of ether oxygens (including phenoxy) is 2. The van der Waals surface area contributed by atoms with E-state index >= 15 is 0 Å². The fraction of sp³-hybridized carbons (Fsp3) is 0.556. The van der Waals surface area contributed by atoms with Crippen molar-refractivity contribution in [2.75, 3.05) is 26.3 Å². The van der Waals surface area contributed by atoms with Gasteiger partial charge in [-0.05, 0) is 74.0 Å². The maximum atomic E-state index is 10.6. The number of nitrogens with zero attached hydrogens (tertiary/aromatic N) is 1. The zero-order chi connectivity index (χ0) is 23.2. The Morgan fingerprint density at radius 2 is 1.97 bits per heavy atom. The average Bonchev–Trinajstić information content (AvgIpc) is 3.23. The lowest BCUT2D eigenvalue weighted by molar-refractivity contribution is -0.108. The molecule has 0 radical (unpaired) electrons. The number of hydrogen-bond acceptors (Lipinski definition) is 5. The summed E-state index contributed by atoms with van der Waals surface area (Å²) in [5.41, 5.74) is 3.29. The first-order valence-corrected chi connectivity index (χ1v) is 12.6. The highest BCUT2D eigenvalue weighted by Crippen LogP contribution is 2.35. The molecule has 0 amide bonds. The smallest absolute Gasteiger partial charge is 0.119 e. The van der Waals surface area contributed by atoms with Gasteiger partial charge in [-0.1, -0.05) is 35.9 Å². The standard InChI is InChI=1S/C27H36ClNO4/c1-2-32-24-8-5-19(6-9-24)14-21-15-20(7-10-26(21)28)27-17-23(31)16-25(33-27)18-29-12-3-4-22(29)11-13-30/h5-10,15,22-23,25,27,30-31H,2-4,11-14,16-18H2,1H3. The summed E-state index contributed by atoms with van der Waals surface area (Å²) in [6, 6.07) is 14.6. The number of rotatable bonds is 9. The highest BCUT2D eigenvalue weighted by atomic mass is 35.5. The number of aliphatic hydroxyl groups is 2. The largest absolute Gasteiger partial charge is 0.494 e. The van der Waals surface area contributed by atoms with Gasteiger partial charge in [-0.15, -0.1) is 0 Å². The van der Waals surface area contributed by atoms with E-state index in [9.17, 15) is 10.2 Å². The molecular formula is C27H36ClNO4. The maximum absolute atomic E-state index is 10.6. The van der Waals surface area contributed by atoms with Crippen LogP contribution < -0.4 is 4.74 Å². The van der Waals surface area contributed by atoms with E-state index in [0.29, 0.717) is 25.5 Å². The lowest BCUT2D eigenvalue weighted by Gasteiger charge is -2.37. The van der Waals surface area contributed by atoms with Crippen LogP contribution >= 0.6 is 11.6 Å². The number of benzene rings is 2. The summed E-state index contributed by atoms with van der Waals surface area (Å²) in [7, 11) is 0. The zero-order valence-corrected chi connectivity index (χ0v) is 20.2. The first-order valence-electron chi connectivity index (χ1n) is 12.2. The number of likely N-dealkylation sites (tertiary alicyclic amines) is 1. The first kappa shape index (κ1) is 24.5. The third-order valence-electron chi connectivity index (χ3n) is 6.85. The van der Waals surface area contributed by atoms with Crippen molar-refractivity contribution in [3.63, 3.8) is 0 Å². The Morgan fingerprint density at radius 3 is 2.73 bits per heavy atom. The van der Waals surface area contributed by atoms with E-state index in [1.807, 2.05) is 31.2 Å². The number of aliphatic hydroxyl groups excluding tert-OH is 2. The van der Waals surface area contributed by atoms with Gasteiger partial charge in [0.1, 0.15) is 5.75 Å². The fourth-order valence-corrected chi connectivity index (χ4v) is 5.40. The van der Waals surface area contributed by atoms with Gasteiger partial charge in [-0.2, -0.15) is 0 Å². The summed E-state index contributed by atoms with van der Waals surface area (Å²) in [6.07, 6.45) is 4.56. The molecule has 2 N–H and O–H groups in total. The van der Waals surface area contributed by atoms with Crippen LogP contribution in [0.2, 0.25) is 5.02 Å². The lowest BCUT2D eigenvalue weighted by Crippen LogP contribution is -2.42. The van der Waals surface area contributed by atoms with E-state index in [1.165, 1.54) is 5.56 Å². The normalized spacial score (nSPS) is 25.9. The number of hydrogen-bond donors (Lipinski definition) is 2. The molecule has 0 aliphatic carbocycles. The second-order valence-electron chi connectivity index (χ2n) is 9.28. The van der Waals surface area contributed by atoms with Gasteiger partial charge in [0, 0.05) is 37.1 Å². The fourth-order valence-electron chi connectivity index (χ4n) is 5.22. The third kappa shape index (κ3) is 6.49. The van der Waals surface area contributed by atoms with Crippen LogP contribution in [0, 0.1) is 0 Å². The van der Waals surface area contributed by atoms with Crippen molar-refractivity contribution < 1.29 is 19.7 Å². The van der Waals surface area contributed by atoms with Gasteiger partial charge in [-0.3, -0.25) is 4.90 Å². The molecule has 4 rings (SSSR count). The predicted molar refractivity (Wildman–Crippen MR) is 131 cm³/mol. The third-order valence-corrected chi connectivity index (χ3v) is 7.22. The molecule has 33 heavy (non-hydrogen) atoms. The Morgan fingerprint density at radius 1 is 1.15 bits per heavy atom. The minimum atomic E-state index is -0.377. The van der Waals surface area contributed by atoms with E-state index in [-0.39, 0.29) is 24.9 Å². The van der Waals surface area contributed by atoms with Crippen molar-refractivity contribution in [1.82, 2.24) is 4.90 Å². The van der Waals surface area contributed by atoms with Crippen LogP contribution in [0.3, 0.4) is 0 Å². The molecule has 2 fully saturated rings. The van der Waals surface area contributed by atoms with Crippen molar-refractivity contribution in [3.8, 4) is 5.75 Å². The Kier molecular flexibility index (Phi) is 8.67. The molecule has 0 aromatic heterocycles. The molecule has 4 atom stereocenters. The number of halogens is 1. The van der Waals surface area contributed by atoms with Gasteiger partial charge >= 0.3 is 0 Å². The van der Waals surface area contributed by atoms with Crippen molar-refractivity contribution in [1.29, 1.82) is 0 Å². The van der Waals surface area contributed by atoms with Gasteiger partial charge in [0.15, 0.2) is 0 Å². The first-order chi connectivity index (χ1) is 16.1. The van der Waals surface area contributed by atoms with Crippen LogP contribution in [0.5, 0.6) is 5.75 Å². The van der Waals surface area contributed by atoms with Gasteiger partial charge in [0.25, 0.3) is 0 Å². The highest BCUT2D eigenvalue weighted by Gasteiger charge is 2.33. The minimum absolute atomic E-state index is 0.0109. The summed E-state index contributed by atoms with van der Waals surface area (Å²) in [5, 5.41) is 20.7. The quantitative estimate of drug-likeness (QED) is 0.550. The molecule has 2 aliphatic heterocycles. The molecule has 5 nitrogen and oxygen atoms in total. The molecule has 0 bridgehead atoms. The summed E-state index contributed by atoms with van der Waals surface area (Å²) >= 11 is 6.54. The molecule has 4 unspecified atom stereocenters. The summed E-state index contributed by atoms with van der Waals surface area (Å²) in [4.78, 5) is 2.43. The van der Waals surface area contributed by atoms with Crippen molar-refractivity contribution >= 4 is 11.6 Å². The summed E-state index contributed by atoms with van der Waals surface area (Å²) in [6.45, 7) is 4.71. The van der Waals surface area contributed by atoms with Crippen LogP contribution in [0.1, 0.15) is 61.8 Å². The van der Waals surface area contributed by atoms with Crippen molar-refractivity contribution in [2.24, 2.45) is 0 Å². The average molecular weight is 474 g/mol. The SMILES string of the molecule is CCOc1ccc(Cc2cc(C3CC(O)CC(CN4CCCC4CCO)O3)ccc2Cl)cc1. The lowest BCUT2D eigenvalue weighted by atomic mass is 9.93. The summed E-state index contributed by atoms with van der Waals surface area (Å²) in [5.74, 6) is 0.871. The van der Waals surface area contributed by atoms with Crippen LogP contribution in [-0.4, -0.2) is 59.7 Å². The van der Waals surface area contributed by atoms with Gasteiger partial charge < -0.3 is 19.7 Å². The second-order valence-corrected chi connectivity index (χ2v) is 9.69. The Labute approximate surface area is 202 Å². The van der Waals surface area contributed by atoms with E-state index in [4.69, 9.17) is 21.1 Å². The van der Waals surface area contributed by atoms with Gasteiger partial charge in [0.05, 0.1) is 24.9 Å². The van der Waals surface area contributed by atoms with Crippen molar-refractivity contribution in [2.45, 2.75) is 69.8 Å². The van der Waals surface area contributed by atoms with E-state index in [0.717, 1.165) is 60.7 Å². The molecule has 0 saturated carbocycles. The van der Waals surface area contributed by atoms with Crippen LogP contribution in [-0.2, 0) is 11.2 Å². The molecule has 2 aromatic rings. The van der Waals surface area contributed by atoms with E-state index in [1.54, 1.807) is 0 Å². The van der Waals surface area contributed by atoms with Crippen LogP contribution in [0.25, 0.3) is 0 Å². The van der Waals surface area contributed by atoms with Gasteiger partial charge in [-0.25, -0.2) is 0 Å². The van der Waals surface area contributed by atoms with Crippen LogP contribution in [0.4, 0.5) is 0 Å². The minimum Gasteiger partial charge on any atom is -0.494 e. The Balaban J connectivity index is 1.44. The van der Waals surface area contributed by atoms with Crippen molar-refractivity contribution in [3.05, 3.63) is 64.2 Å². The Bertz CT molecular complexity index is 890. The predicted octanol–water partition coefficient (Wildman–Crippen LogP) is 4.76. The Hall–Kier alpha value is -1.63. The molecule has 180 valence electrons. The second kappa shape index (κ2) is 11.7. The topological polar surface area (TPSA) is 62.2 Å². The molecule has 2 saturated heterocycles. The molecule has 2 heterocycles. The van der Waals surface area contributed by atoms with Gasteiger partial charge in [0.2, 0.25) is 0 Å². The summed E-state index contributed by atoms with van der Waals surface area (Å²) < 4.78 is 12.0. The highest BCUT2D eigenvalue weighted by molar-refractivity contribution is 6.31.